The monoisotopic (exact) mass is 728 g/mol. The Hall–Kier alpha value is -7.29. The minimum atomic E-state index is 0.869. The average molecular weight is 729 g/mol. The highest BCUT2D eigenvalue weighted by Gasteiger charge is 2.19. The smallest absolute Gasteiger partial charge is 0.145 e. The number of benzene rings is 9. The molecule has 9 aromatic carbocycles. The first-order valence-electron chi connectivity index (χ1n) is 19.7. The lowest BCUT2D eigenvalue weighted by Gasteiger charge is -2.19. The number of hydrogen-bond acceptors (Lipinski definition) is 1. The lowest BCUT2D eigenvalue weighted by molar-refractivity contribution is 1.15. The maximum absolute atomic E-state index is 5.10. The molecule has 2 heteroatoms. The topological polar surface area (TPSA) is 17.8 Å². The van der Waals surface area contributed by atoms with Crippen LogP contribution in [0.25, 0.3) is 105 Å². The van der Waals surface area contributed by atoms with Gasteiger partial charge >= 0.3 is 0 Å². The van der Waals surface area contributed by atoms with Crippen molar-refractivity contribution in [2.24, 2.45) is 0 Å². The largest absolute Gasteiger partial charge is 0.293 e. The summed E-state index contributed by atoms with van der Waals surface area (Å²) in [5.41, 5.74) is 11.2. The van der Waals surface area contributed by atoms with E-state index in [9.17, 15) is 0 Å². The summed E-state index contributed by atoms with van der Waals surface area (Å²) >= 11 is 0. The molecule has 0 N–H and O–H groups in total. The zero-order valence-corrected chi connectivity index (χ0v) is 31.9. The third-order valence-electron chi connectivity index (χ3n) is 11.2. The molecule has 10 aromatic rings. The van der Waals surface area contributed by atoms with E-state index < -0.39 is 0 Å². The Balaban J connectivity index is 1.16. The molecule has 0 radical (unpaired) electrons. The van der Waals surface area contributed by atoms with Crippen molar-refractivity contribution >= 4 is 59.8 Å². The van der Waals surface area contributed by atoms with Crippen LogP contribution in [-0.2, 0) is 0 Å². The van der Waals surface area contributed by atoms with Gasteiger partial charge in [0.05, 0.1) is 11.0 Å². The van der Waals surface area contributed by atoms with Crippen LogP contribution in [0.5, 0.6) is 0 Å². The number of imidazole rings is 1. The van der Waals surface area contributed by atoms with Gasteiger partial charge in [-0.15, -0.1) is 0 Å². The van der Waals surface area contributed by atoms with E-state index in [1.165, 1.54) is 70.9 Å². The third-order valence-corrected chi connectivity index (χ3v) is 11.2. The number of fused-ring (bicyclic) bond motifs is 5. The van der Waals surface area contributed by atoms with Crippen molar-refractivity contribution < 1.29 is 0 Å². The standard InChI is InChI=1S/C55H40N2/c1-3-4-5-6-15-37(2)57-52-23-14-13-22-51(52)56-55(57)41-28-24-40(25-29-41)44-32-33-49-50(36-44)54(46-31-27-39-17-8-10-19-43(39)35-46)48-21-12-11-20-47(48)53(49)45-30-26-38-16-7-9-18-42(38)34-45/h4-36H,2-3H2,1H3/b5-4-,15-6-. The summed E-state index contributed by atoms with van der Waals surface area (Å²) in [7, 11) is 0. The Kier molecular flexibility index (Phi) is 8.65. The van der Waals surface area contributed by atoms with Gasteiger partial charge in [0.2, 0.25) is 0 Å². The molecule has 1 heterocycles. The van der Waals surface area contributed by atoms with Gasteiger partial charge in [0.25, 0.3) is 0 Å². The predicted octanol–water partition coefficient (Wildman–Crippen LogP) is 15.3. The van der Waals surface area contributed by atoms with Gasteiger partial charge < -0.3 is 0 Å². The van der Waals surface area contributed by atoms with Gasteiger partial charge in [0.15, 0.2) is 0 Å². The van der Waals surface area contributed by atoms with E-state index in [2.05, 4.69) is 206 Å². The molecule has 270 valence electrons. The van der Waals surface area contributed by atoms with E-state index >= 15 is 0 Å². The van der Waals surface area contributed by atoms with Crippen LogP contribution in [0.1, 0.15) is 13.3 Å². The van der Waals surface area contributed by atoms with Crippen molar-refractivity contribution in [1.29, 1.82) is 0 Å². The van der Waals surface area contributed by atoms with Crippen LogP contribution in [0.4, 0.5) is 0 Å². The molecule has 0 unspecified atom stereocenters. The maximum Gasteiger partial charge on any atom is 0.145 e. The number of para-hydroxylation sites is 2. The van der Waals surface area contributed by atoms with Gasteiger partial charge in [0, 0.05) is 11.3 Å². The van der Waals surface area contributed by atoms with Gasteiger partial charge in [0.1, 0.15) is 5.82 Å². The average Bonchev–Trinajstić information content (AvgIpc) is 3.66. The first-order valence-corrected chi connectivity index (χ1v) is 19.7. The van der Waals surface area contributed by atoms with Crippen molar-refractivity contribution in [3.05, 3.63) is 207 Å². The Morgan fingerprint density at radius 2 is 1.02 bits per heavy atom. The number of hydrogen-bond donors (Lipinski definition) is 0. The summed E-state index contributed by atoms with van der Waals surface area (Å²) < 4.78 is 2.16. The van der Waals surface area contributed by atoms with Crippen molar-refractivity contribution in [3.63, 3.8) is 0 Å². The zero-order valence-electron chi connectivity index (χ0n) is 31.9. The van der Waals surface area contributed by atoms with E-state index in [1.807, 2.05) is 12.1 Å². The van der Waals surface area contributed by atoms with Crippen LogP contribution in [0.15, 0.2) is 207 Å². The van der Waals surface area contributed by atoms with Crippen LogP contribution in [0.3, 0.4) is 0 Å². The summed E-state index contributed by atoms with van der Waals surface area (Å²) in [5, 5.41) is 9.93. The lowest BCUT2D eigenvalue weighted by atomic mass is 9.84. The second-order valence-corrected chi connectivity index (χ2v) is 14.7. The number of nitrogens with zero attached hydrogens (tertiary/aromatic N) is 2. The fourth-order valence-electron chi connectivity index (χ4n) is 8.45. The predicted molar refractivity (Wildman–Crippen MR) is 245 cm³/mol. The molecule has 0 fully saturated rings. The SMILES string of the molecule is C=C(/C=C\C=C/CC)n1c(-c2ccc(-c3ccc4c(-c5ccc6ccccc6c5)c5ccccc5c(-c5ccc6ccccc6c5)c4c3)cc2)nc2ccccc21. The van der Waals surface area contributed by atoms with Crippen LogP contribution < -0.4 is 0 Å². The Morgan fingerprint density at radius 1 is 0.491 bits per heavy atom. The Morgan fingerprint density at radius 3 is 1.68 bits per heavy atom. The number of aromatic nitrogens is 2. The molecule has 0 aliphatic carbocycles. The van der Waals surface area contributed by atoms with E-state index in [-0.39, 0.29) is 0 Å². The van der Waals surface area contributed by atoms with Gasteiger partial charge in [-0.25, -0.2) is 4.98 Å². The summed E-state index contributed by atoms with van der Waals surface area (Å²) in [6, 6.07) is 64.1. The summed E-state index contributed by atoms with van der Waals surface area (Å²) in [5.74, 6) is 0.875. The first kappa shape index (κ1) is 34.2. The fraction of sp³-hybridized carbons (Fsp3) is 0.0364. The highest BCUT2D eigenvalue weighted by Crippen LogP contribution is 2.46. The minimum absolute atomic E-state index is 0.869. The normalized spacial score (nSPS) is 11.9. The minimum Gasteiger partial charge on any atom is -0.293 e. The van der Waals surface area contributed by atoms with Crippen LogP contribution in [-0.4, -0.2) is 9.55 Å². The van der Waals surface area contributed by atoms with Crippen LogP contribution >= 0.6 is 0 Å². The van der Waals surface area contributed by atoms with E-state index in [0.29, 0.717) is 0 Å². The molecule has 57 heavy (non-hydrogen) atoms. The van der Waals surface area contributed by atoms with Gasteiger partial charge in [-0.1, -0.05) is 177 Å². The van der Waals surface area contributed by atoms with Crippen LogP contribution in [0.2, 0.25) is 0 Å². The molecule has 0 saturated heterocycles. The molecule has 0 aliphatic heterocycles. The van der Waals surface area contributed by atoms with E-state index in [1.54, 1.807) is 0 Å². The highest BCUT2D eigenvalue weighted by atomic mass is 15.1. The van der Waals surface area contributed by atoms with Crippen LogP contribution in [0, 0.1) is 0 Å². The van der Waals surface area contributed by atoms with Gasteiger partial charge in [-0.05, 0) is 119 Å². The second kappa shape index (κ2) is 14.4. The van der Waals surface area contributed by atoms with Crippen molar-refractivity contribution in [2.75, 3.05) is 0 Å². The number of allylic oxidation sites excluding steroid dienone is 5. The fourth-order valence-corrected chi connectivity index (χ4v) is 8.45. The molecule has 10 rings (SSSR count). The molecule has 0 aliphatic rings. The highest BCUT2D eigenvalue weighted by molar-refractivity contribution is 6.22. The molecule has 1 aromatic heterocycles. The maximum atomic E-state index is 5.10. The Bertz CT molecular complexity index is 3230. The molecule has 0 spiro atoms. The quantitative estimate of drug-likeness (QED) is 0.113. The molecule has 0 saturated carbocycles. The molecule has 0 amide bonds. The number of rotatable bonds is 8. The van der Waals surface area contributed by atoms with Gasteiger partial charge in [-0.3, -0.25) is 4.57 Å². The van der Waals surface area contributed by atoms with Gasteiger partial charge in [-0.2, -0.15) is 0 Å². The van der Waals surface area contributed by atoms with E-state index in [4.69, 9.17) is 4.98 Å². The molecular formula is C55H40N2. The van der Waals surface area contributed by atoms with E-state index in [0.717, 1.165) is 40.1 Å². The second-order valence-electron chi connectivity index (χ2n) is 14.7. The molecule has 2 nitrogen and oxygen atoms in total. The van der Waals surface area contributed by atoms with Crippen molar-refractivity contribution in [1.82, 2.24) is 9.55 Å². The third kappa shape index (κ3) is 6.13. The Labute approximate surface area is 333 Å². The van der Waals surface area contributed by atoms with Crippen molar-refractivity contribution in [2.45, 2.75) is 13.3 Å². The summed E-state index contributed by atoms with van der Waals surface area (Å²) in [6.45, 7) is 6.58. The first-order chi connectivity index (χ1) is 28.1. The molecule has 0 bridgehead atoms. The summed E-state index contributed by atoms with van der Waals surface area (Å²) in [4.78, 5) is 5.10. The molecule has 0 atom stereocenters. The molecular weight excluding hydrogens is 689 g/mol. The lowest BCUT2D eigenvalue weighted by Crippen LogP contribution is -1.97. The summed E-state index contributed by atoms with van der Waals surface area (Å²) in [6.07, 6.45) is 9.30. The van der Waals surface area contributed by atoms with Crippen molar-refractivity contribution in [3.8, 4) is 44.8 Å². The zero-order chi connectivity index (χ0) is 38.3.